The molecular weight excluding hydrogens is 287 g/mol. The fourth-order valence-electron chi connectivity index (χ4n) is 1.92. The van der Waals surface area contributed by atoms with E-state index in [0.717, 1.165) is 17.9 Å². The molecule has 76 valence electrons. The van der Waals surface area contributed by atoms with Gasteiger partial charge in [-0.15, -0.1) is 0 Å². The molecule has 0 aromatic heterocycles. The number of rotatable bonds is 3. The first-order valence-electron chi connectivity index (χ1n) is 5.20. The van der Waals surface area contributed by atoms with Crippen molar-refractivity contribution in [3.05, 3.63) is 33.4 Å². The average Bonchev–Trinajstić information content (AvgIpc) is 2.12. The predicted molar refractivity (Wildman–Crippen MR) is 66.1 cm³/mol. The first-order valence-corrected chi connectivity index (χ1v) is 6.27. The van der Waals surface area contributed by atoms with Crippen molar-refractivity contribution in [1.82, 2.24) is 0 Å². The minimum atomic E-state index is -0.256. The second-order valence-electron chi connectivity index (χ2n) is 4.07. The van der Waals surface area contributed by atoms with Gasteiger partial charge in [0.1, 0.15) is 0 Å². The van der Waals surface area contributed by atoms with E-state index in [0.29, 0.717) is 0 Å². The largest absolute Gasteiger partial charge is 0.388 e. The van der Waals surface area contributed by atoms with Crippen molar-refractivity contribution in [2.75, 3.05) is 0 Å². The van der Waals surface area contributed by atoms with Gasteiger partial charge in [-0.25, -0.2) is 0 Å². The van der Waals surface area contributed by atoms with E-state index in [2.05, 4.69) is 28.7 Å². The van der Waals surface area contributed by atoms with Crippen molar-refractivity contribution < 1.29 is 5.11 Å². The lowest BCUT2D eigenvalue weighted by molar-refractivity contribution is 0.118. The van der Waals surface area contributed by atoms with E-state index >= 15 is 0 Å². The van der Waals surface area contributed by atoms with Gasteiger partial charge in [-0.3, -0.25) is 0 Å². The molecule has 1 nitrogen and oxygen atoms in total. The van der Waals surface area contributed by atoms with Gasteiger partial charge in [-0.05, 0) is 46.6 Å². The van der Waals surface area contributed by atoms with Crippen LogP contribution in [0.25, 0.3) is 0 Å². The molecule has 1 saturated carbocycles. The lowest BCUT2D eigenvalue weighted by atomic mass is 9.80. The topological polar surface area (TPSA) is 20.2 Å². The molecule has 0 bridgehead atoms. The first-order chi connectivity index (χ1) is 6.77. The van der Waals surface area contributed by atoms with Crippen LogP contribution in [0.1, 0.15) is 37.4 Å². The van der Waals surface area contributed by atoms with E-state index in [-0.39, 0.29) is 6.10 Å². The Kier molecular flexibility index (Phi) is 3.44. The Morgan fingerprint density at radius 3 is 2.64 bits per heavy atom. The van der Waals surface area contributed by atoms with Crippen LogP contribution in [0.2, 0.25) is 0 Å². The summed E-state index contributed by atoms with van der Waals surface area (Å²) in [5.74, 6) is 0.765. The molecule has 2 rings (SSSR count). The Balaban J connectivity index is 2.02. The molecule has 1 unspecified atom stereocenters. The Hall–Kier alpha value is -0.0900. The van der Waals surface area contributed by atoms with Crippen molar-refractivity contribution in [1.29, 1.82) is 0 Å². The van der Waals surface area contributed by atoms with Crippen molar-refractivity contribution in [3.63, 3.8) is 0 Å². The van der Waals surface area contributed by atoms with Crippen LogP contribution in [0.4, 0.5) is 0 Å². The molecule has 0 radical (unpaired) electrons. The number of aliphatic hydroxyl groups is 1. The molecule has 1 aliphatic carbocycles. The van der Waals surface area contributed by atoms with Crippen LogP contribution < -0.4 is 0 Å². The number of aliphatic hydroxyl groups excluding tert-OH is 1. The summed E-state index contributed by atoms with van der Waals surface area (Å²) in [5.41, 5.74) is 1.10. The quantitative estimate of drug-likeness (QED) is 0.847. The van der Waals surface area contributed by atoms with Gasteiger partial charge in [-0.1, -0.05) is 37.5 Å². The van der Waals surface area contributed by atoms with E-state index in [1.165, 1.54) is 22.8 Å². The molecule has 0 heterocycles. The van der Waals surface area contributed by atoms with Crippen molar-refractivity contribution in [2.45, 2.75) is 31.8 Å². The van der Waals surface area contributed by atoms with Crippen LogP contribution >= 0.6 is 22.6 Å². The normalized spacial score (nSPS) is 19.0. The molecule has 1 aromatic rings. The maximum Gasteiger partial charge on any atom is 0.0802 e. The lowest BCUT2D eigenvalue weighted by Gasteiger charge is -2.27. The molecule has 1 aliphatic rings. The maximum atomic E-state index is 10.0. The van der Waals surface area contributed by atoms with Crippen LogP contribution in [0.5, 0.6) is 0 Å². The highest BCUT2D eigenvalue weighted by molar-refractivity contribution is 14.1. The van der Waals surface area contributed by atoms with E-state index < -0.39 is 0 Å². The highest BCUT2D eigenvalue weighted by atomic mass is 127. The number of hydrogen-bond donors (Lipinski definition) is 1. The van der Waals surface area contributed by atoms with Gasteiger partial charge in [0.15, 0.2) is 0 Å². The minimum absolute atomic E-state index is 0.256. The first kappa shape index (κ1) is 10.4. The maximum absolute atomic E-state index is 10.0. The summed E-state index contributed by atoms with van der Waals surface area (Å²) in [7, 11) is 0. The Bertz CT molecular complexity index is 307. The lowest BCUT2D eigenvalue weighted by Crippen LogP contribution is -2.15. The van der Waals surface area contributed by atoms with Gasteiger partial charge in [-0.2, -0.15) is 0 Å². The molecule has 1 atom stereocenters. The van der Waals surface area contributed by atoms with E-state index in [4.69, 9.17) is 0 Å². The molecule has 1 aromatic carbocycles. The monoisotopic (exact) mass is 302 g/mol. The van der Waals surface area contributed by atoms with Gasteiger partial charge in [0, 0.05) is 3.57 Å². The average molecular weight is 302 g/mol. The standard InChI is InChI=1S/C12H15IO/c13-11-7-2-1-6-10(11)12(14)8-9-4-3-5-9/h1-2,6-7,9,12,14H,3-5,8H2. The van der Waals surface area contributed by atoms with Crippen molar-refractivity contribution in [2.24, 2.45) is 5.92 Å². The van der Waals surface area contributed by atoms with Crippen LogP contribution in [0.15, 0.2) is 24.3 Å². The van der Waals surface area contributed by atoms with Crippen LogP contribution in [-0.2, 0) is 0 Å². The van der Waals surface area contributed by atoms with Gasteiger partial charge >= 0.3 is 0 Å². The number of hydrogen-bond acceptors (Lipinski definition) is 1. The highest BCUT2D eigenvalue weighted by Gasteiger charge is 2.22. The van der Waals surface area contributed by atoms with Gasteiger partial charge in [0.05, 0.1) is 6.10 Å². The van der Waals surface area contributed by atoms with Gasteiger partial charge in [0.2, 0.25) is 0 Å². The van der Waals surface area contributed by atoms with E-state index in [1.807, 2.05) is 18.2 Å². The second-order valence-corrected chi connectivity index (χ2v) is 5.23. The number of benzene rings is 1. The van der Waals surface area contributed by atoms with Crippen LogP contribution in [0.3, 0.4) is 0 Å². The Morgan fingerprint density at radius 2 is 2.07 bits per heavy atom. The zero-order chi connectivity index (χ0) is 9.97. The molecule has 2 heteroatoms. The van der Waals surface area contributed by atoms with Crippen molar-refractivity contribution in [3.8, 4) is 0 Å². The second kappa shape index (κ2) is 4.62. The Morgan fingerprint density at radius 1 is 1.36 bits per heavy atom. The molecule has 0 spiro atoms. The zero-order valence-electron chi connectivity index (χ0n) is 8.12. The third kappa shape index (κ3) is 2.28. The third-order valence-electron chi connectivity index (χ3n) is 3.05. The molecule has 1 N–H and O–H groups in total. The molecular formula is C12H15IO. The summed E-state index contributed by atoms with van der Waals surface area (Å²) < 4.78 is 1.18. The molecule has 0 aliphatic heterocycles. The summed E-state index contributed by atoms with van der Waals surface area (Å²) in [5, 5.41) is 10.0. The third-order valence-corrected chi connectivity index (χ3v) is 4.03. The Labute approximate surface area is 98.7 Å². The number of halogens is 1. The molecule has 1 fully saturated rings. The highest BCUT2D eigenvalue weighted by Crippen LogP contribution is 2.35. The minimum Gasteiger partial charge on any atom is -0.388 e. The van der Waals surface area contributed by atoms with Gasteiger partial charge < -0.3 is 5.11 Å². The van der Waals surface area contributed by atoms with Crippen LogP contribution in [-0.4, -0.2) is 5.11 Å². The van der Waals surface area contributed by atoms with E-state index in [1.54, 1.807) is 0 Å². The predicted octanol–water partition coefficient (Wildman–Crippen LogP) is 3.51. The van der Waals surface area contributed by atoms with Crippen LogP contribution in [0, 0.1) is 9.49 Å². The summed E-state index contributed by atoms with van der Waals surface area (Å²) in [6.07, 6.45) is 4.65. The summed E-state index contributed by atoms with van der Waals surface area (Å²) >= 11 is 2.29. The summed E-state index contributed by atoms with van der Waals surface area (Å²) in [4.78, 5) is 0. The fraction of sp³-hybridized carbons (Fsp3) is 0.500. The SMILES string of the molecule is OC(CC1CCC1)c1ccccc1I. The summed E-state index contributed by atoms with van der Waals surface area (Å²) in [6, 6.07) is 8.10. The molecule has 0 amide bonds. The van der Waals surface area contributed by atoms with Gasteiger partial charge in [0.25, 0.3) is 0 Å². The van der Waals surface area contributed by atoms with E-state index in [9.17, 15) is 5.11 Å². The summed E-state index contributed by atoms with van der Waals surface area (Å²) in [6.45, 7) is 0. The fourth-order valence-corrected chi connectivity index (χ4v) is 2.66. The van der Waals surface area contributed by atoms with Crippen molar-refractivity contribution >= 4 is 22.6 Å². The zero-order valence-corrected chi connectivity index (χ0v) is 10.3. The smallest absolute Gasteiger partial charge is 0.0802 e. The molecule has 0 saturated heterocycles. The molecule has 14 heavy (non-hydrogen) atoms.